The van der Waals surface area contributed by atoms with Crippen LogP contribution in [0.5, 0.6) is 5.75 Å². The molecule has 1 aromatic heterocycles. The van der Waals surface area contributed by atoms with E-state index in [9.17, 15) is 8.42 Å². The predicted octanol–water partition coefficient (Wildman–Crippen LogP) is 3.58. The van der Waals surface area contributed by atoms with Crippen molar-refractivity contribution in [1.82, 2.24) is 14.3 Å². The minimum Gasteiger partial charge on any atom is -0.495 e. The third kappa shape index (κ3) is 4.68. The Morgan fingerprint density at radius 2 is 1.96 bits per heavy atom. The summed E-state index contributed by atoms with van der Waals surface area (Å²) in [6, 6.07) is 14.3. The van der Waals surface area contributed by atoms with Crippen LogP contribution in [0.25, 0.3) is 11.4 Å². The van der Waals surface area contributed by atoms with Crippen molar-refractivity contribution in [2.75, 3.05) is 13.7 Å². The van der Waals surface area contributed by atoms with E-state index in [1.54, 1.807) is 6.20 Å². The quantitative estimate of drug-likeness (QED) is 0.581. The number of nitrogens with one attached hydrogen (secondary N) is 1. The Labute approximate surface area is 163 Å². The molecule has 0 aliphatic rings. The van der Waals surface area contributed by atoms with Crippen LogP contribution in [-0.2, 0) is 16.6 Å². The molecule has 27 heavy (non-hydrogen) atoms. The van der Waals surface area contributed by atoms with Crippen molar-refractivity contribution in [3.8, 4) is 17.1 Å². The molecule has 0 saturated carbocycles. The highest BCUT2D eigenvalue weighted by Gasteiger charge is 2.15. The zero-order chi connectivity index (χ0) is 19.3. The number of aromatic nitrogens is 2. The minimum absolute atomic E-state index is 0.112. The van der Waals surface area contributed by atoms with E-state index in [4.69, 9.17) is 16.3 Å². The lowest BCUT2D eigenvalue weighted by atomic mass is 10.2. The van der Waals surface area contributed by atoms with Crippen LogP contribution in [0, 0.1) is 0 Å². The number of hydrogen-bond donors (Lipinski definition) is 1. The second-order valence-corrected chi connectivity index (χ2v) is 8.03. The molecule has 0 aliphatic heterocycles. The molecule has 0 radical (unpaired) electrons. The van der Waals surface area contributed by atoms with Crippen molar-refractivity contribution in [2.45, 2.75) is 17.9 Å². The predicted molar refractivity (Wildman–Crippen MR) is 105 cm³/mol. The molecule has 3 rings (SSSR count). The van der Waals surface area contributed by atoms with Gasteiger partial charge in [0.1, 0.15) is 11.6 Å². The molecule has 1 N–H and O–H groups in total. The molecule has 0 atom stereocenters. The molecular formula is C19H20ClN3O3S. The Bertz CT molecular complexity index is 1000. The number of benzene rings is 2. The van der Waals surface area contributed by atoms with Gasteiger partial charge < -0.3 is 9.30 Å². The number of methoxy groups -OCH3 is 1. The molecule has 3 aromatic rings. The van der Waals surface area contributed by atoms with Gasteiger partial charge in [0.05, 0.1) is 17.0 Å². The summed E-state index contributed by atoms with van der Waals surface area (Å²) in [5.74, 6) is 1.30. The van der Waals surface area contributed by atoms with E-state index in [1.165, 1.54) is 25.3 Å². The van der Waals surface area contributed by atoms with Crippen LogP contribution in [0.2, 0.25) is 5.02 Å². The first-order valence-corrected chi connectivity index (χ1v) is 10.3. The molecular weight excluding hydrogens is 386 g/mol. The van der Waals surface area contributed by atoms with Crippen LogP contribution in [-0.4, -0.2) is 31.6 Å². The SMILES string of the molecule is COc1ccc(S(=O)(=O)NCCCn2ccnc2-c2ccccc2)cc1Cl. The van der Waals surface area contributed by atoms with E-state index >= 15 is 0 Å². The molecule has 0 bridgehead atoms. The smallest absolute Gasteiger partial charge is 0.240 e. The van der Waals surface area contributed by atoms with Gasteiger partial charge in [0.2, 0.25) is 10.0 Å². The van der Waals surface area contributed by atoms with Gasteiger partial charge >= 0.3 is 0 Å². The number of hydrogen-bond acceptors (Lipinski definition) is 4. The van der Waals surface area contributed by atoms with Crippen LogP contribution in [0.1, 0.15) is 6.42 Å². The third-order valence-electron chi connectivity index (χ3n) is 4.05. The zero-order valence-electron chi connectivity index (χ0n) is 14.8. The number of ether oxygens (including phenoxy) is 1. The van der Waals surface area contributed by atoms with E-state index in [0.29, 0.717) is 25.3 Å². The van der Waals surface area contributed by atoms with Crippen LogP contribution in [0.15, 0.2) is 65.8 Å². The monoisotopic (exact) mass is 405 g/mol. The summed E-state index contributed by atoms with van der Waals surface area (Å²) < 4.78 is 34.5. The minimum atomic E-state index is -3.63. The van der Waals surface area contributed by atoms with Crippen molar-refractivity contribution in [3.63, 3.8) is 0 Å². The Balaban J connectivity index is 1.59. The fourth-order valence-electron chi connectivity index (χ4n) is 2.69. The fraction of sp³-hybridized carbons (Fsp3) is 0.211. The lowest BCUT2D eigenvalue weighted by molar-refractivity contribution is 0.414. The van der Waals surface area contributed by atoms with Gasteiger partial charge in [-0.25, -0.2) is 18.1 Å². The lowest BCUT2D eigenvalue weighted by Gasteiger charge is -2.10. The second-order valence-electron chi connectivity index (χ2n) is 5.86. The molecule has 0 fully saturated rings. The molecule has 2 aromatic carbocycles. The number of imidazole rings is 1. The topological polar surface area (TPSA) is 73.2 Å². The normalized spacial score (nSPS) is 11.5. The summed E-state index contributed by atoms with van der Waals surface area (Å²) in [6.45, 7) is 0.953. The van der Waals surface area contributed by atoms with Gasteiger partial charge in [-0.15, -0.1) is 0 Å². The first-order valence-electron chi connectivity index (χ1n) is 8.41. The summed E-state index contributed by atoms with van der Waals surface area (Å²) >= 11 is 6.01. The standard InChI is InChI=1S/C19H20ClN3O3S/c1-26-18-9-8-16(14-17(18)20)27(24,25)22-10-5-12-23-13-11-21-19(23)15-6-3-2-4-7-15/h2-4,6-9,11,13-14,22H,5,10,12H2,1H3. The zero-order valence-corrected chi connectivity index (χ0v) is 16.4. The molecule has 0 saturated heterocycles. The first-order chi connectivity index (χ1) is 13.0. The van der Waals surface area contributed by atoms with E-state index in [-0.39, 0.29) is 9.92 Å². The number of halogens is 1. The highest BCUT2D eigenvalue weighted by atomic mass is 35.5. The molecule has 0 unspecified atom stereocenters. The average Bonchev–Trinajstić information content (AvgIpc) is 3.14. The highest BCUT2D eigenvalue weighted by Crippen LogP contribution is 2.26. The Kier molecular flexibility index (Phi) is 6.15. The van der Waals surface area contributed by atoms with E-state index < -0.39 is 10.0 Å². The number of nitrogens with zero attached hydrogens (tertiary/aromatic N) is 2. The molecule has 1 heterocycles. The van der Waals surface area contributed by atoms with Gasteiger partial charge in [0.15, 0.2) is 0 Å². The van der Waals surface area contributed by atoms with Gasteiger partial charge in [0, 0.05) is 31.0 Å². The molecule has 0 amide bonds. The van der Waals surface area contributed by atoms with Crippen molar-refractivity contribution in [3.05, 3.63) is 65.9 Å². The van der Waals surface area contributed by atoms with Crippen molar-refractivity contribution >= 4 is 21.6 Å². The molecule has 0 aliphatic carbocycles. The Morgan fingerprint density at radius 3 is 2.67 bits per heavy atom. The lowest BCUT2D eigenvalue weighted by Crippen LogP contribution is -2.25. The van der Waals surface area contributed by atoms with Crippen LogP contribution in [0.4, 0.5) is 0 Å². The van der Waals surface area contributed by atoms with Crippen LogP contribution >= 0.6 is 11.6 Å². The van der Waals surface area contributed by atoms with Crippen molar-refractivity contribution in [1.29, 1.82) is 0 Å². The summed E-state index contributed by atoms with van der Waals surface area (Å²) in [4.78, 5) is 4.50. The number of sulfonamides is 1. The Hall–Kier alpha value is -2.35. The third-order valence-corrected chi connectivity index (χ3v) is 5.80. The second kappa shape index (κ2) is 8.56. The van der Waals surface area contributed by atoms with E-state index in [0.717, 1.165) is 11.4 Å². The largest absolute Gasteiger partial charge is 0.495 e. The van der Waals surface area contributed by atoms with Gasteiger partial charge in [-0.2, -0.15) is 0 Å². The summed E-state index contributed by atoms with van der Waals surface area (Å²) in [6.07, 6.45) is 4.26. The van der Waals surface area contributed by atoms with Crippen molar-refractivity contribution < 1.29 is 13.2 Å². The van der Waals surface area contributed by atoms with E-state index in [1.807, 2.05) is 41.1 Å². The maximum atomic E-state index is 12.4. The molecule has 0 spiro atoms. The maximum absolute atomic E-state index is 12.4. The fourth-order valence-corrected chi connectivity index (χ4v) is 4.11. The average molecular weight is 406 g/mol. The Morgan fingerprint density at radius 1 is 1.19 bits per heavy atom. The maximum Gasteiger partial charge on any atom is 0.240 e. The summed E-state index contributed by atoms with van der Waals surface area (Å²) in [5, 5.41) is 0.256. The van der Waals surface area contributed by atoms with Crippen molar-refractivity contribution in [2.24, 2.45) is 0 Å². The summed E-state index contributed by atoms with van der Waals surface area (Å²) in [5.41, 5.74) is 1.02. The highest BCUT2D eigenvalue weighted by molar-refractivity contribution is 7.89. The van der Waals surface area contributed by atoms with Gasteiger partial charge in [0.25, 0.3) is 0 Å². The molecule has 6 nitrogen and oxygen atoms in total. The van der Waals surface area contributed by atoms with Gasteiger partial charge in [-0.3, -0.25) is 0 Å². The van der Waals surface area contributed by atoms with Crippen LogP contribution in [0.3, 0.4) is 0 Å². The number of rotatable bonds is 8. The van der Waals surface area contributed by atoms with Gasteiger partial charge in [-0.1, -0.05) is 41.9 Å². The first kappa shape index (κ1) is 19.4. The summed E-state index contributed by atoms with van der Waals surface area (Å²) in [7, 11) is -2.15. The number of aryl methyl sites for hydroxylation is 1. The van der Waals surface area contributed by atoms with E-state index in [2.05, 4.69) is 9.71 Å². The molecule has 142 valence electrons. The molecule has 8 heteroatoms. The van der Waals surface area contributed by atoms with Gasteiger partial charge in [-0.05, 0) is 24.6 Å². The van der Waals surface area contributed by atoms with Crippen LogP contribution < -0.4 is 9.46 Å².